The first-order chi connectivity index (χ1) is 7.02. The van der Waals surface area contributed by atoms with E-state index in [1.165, 1.54) is 6.07 Å². The molecule has 0 aliphatic rings. The largest absolute Gasteiger partial charge is 0.417 e. The van der Waals surface area contributed by atoms with Crippen molar-refractivity contribution in [1.82, 2.24) is 0 Å². The zero-order chi connectivity index (χ0) is 11.1. The molecule has 0 aliphatic carbocycles. The number of rotatable bonds is 1. The SMILES string of the molecule is CCc1cc(C(F)(F)F)c2sccc2c1. The molecule has 1 aromatic heterocycles. The lowest BCUT2D eigenvalue weighted by molar-refractivity contribution is -0.136. The summed E-state index contributed by atoms with van der Waals surface area (Å²) in [6.07, 6.45) is -3.64. The van der Waals surface area contributed by atoms with Crippen LogP contribution in [0, 0.1) is 0 Å². The Morgan fingerprint density at radius 2 is 2.00 bits per heavy atom. The Morgan fingerprint density at radius 3 is 2.60 bits per heavy atom. The number of hydrogen-bond donors (Lipinski definition) is 0. The van der Waals surface area contributed by atoms with E-state index in [9.17, 15) is 13.2 Å². The van der Waals surface area contributed by atoms with Crippen LogP contribution in [0.1, 0.15) is 18.1 Å². The lowest BCUT2D eigenvalue weighted by atomic mass is 10.1. The van der Waals surface area contributed by atoms with Gasteiger partial charge in [-0.1, -0.05) is 13.0 Å². The highest BCUT2D eigenvalue weighted by molar-refractivity contribution is 7.17. The summed E-state index contributed by atoms with van der Waals surface area (Å²) in [5, 5.41) is 2.38. The van der Waals surface area contributed by atoms with E-state index < -0.39 is 11.7 Å². The molecule has 0 nitrogen and oxygen atoms in total. The third-order valence-electron chi connectivity index (χ3n) is 2.32. The molecule has 0 spiro atoms. The molecule has 0 N–H and O–H groups in total. The van der Waals surface area contributed by atoms with Gasteiger partial charge in [-0.25, -0.2) is 0 Å². The lowest BCUT2D eigenvalue weighted by Crippen LogP contribution is -2.05. The number of halogens is 3. The molecule has 15 heavy (non-hydrogen) atoms. The molecule has 2 aromatic rings. The minimum atomic E-state index is -4.26. The maximum Gasteiger partial charge on any atom is 0.417 e. The second-order valence-corrected chi connectivity index (χ2v) is 4.25. The third kappa shape index (κ3) is 1.86. The second kappa shape index (κ2) is 3.52. The Hall–Kier alpha value is -1.03. The average Bonchev–Trinajstić information content (AvgIpc) is 2.61. The Kier molecular flexibility index (Phi) is 2.46. The summed E-state index contributed by atoms with van der Waals surface area (Å²) in [7, 11) is 0. The minimum absolute atomic E-state index is 0.333. The number of benzene rings is 1. The molecule has 0 amide bonds. The first-order valence-electron chi connectivity index (χ1n) is 4.59. The van der Waals surface area contributed by atoms with Gasteiger partial charge >= 0.3 is 6.18 Å². The van der Waals surface area contributed by atoms with Crippen LogP contribution in [-0.2, 0) is 12.6 Å². The number of aryl methyl sites for hydroxylation is 1. The van der Waals surface area contributed by atoms with Crippen LogP contribution in [0.5, 0.6) is 0 Å². The van der Waals surface area contributed by atoms with Crippen molar-refractivity contribution in [2.45, 2.75) is 19.5 Å². The van der Waals surface area contributed by atoms with Crippen molar-refractivity contribution in [3.63, 3.8) is 0 Å². The minimum Gasteiger partial charge on any atom is -0.166 e. The van der Waals surface area contributed by atoms with Crippen molar-refractivity contribution in [2.24, 2.45) is 0 Å². The molecule has 80 valence electrons. The Balaban J connectivity index is 2.74. The Morgan fingerprint density at radius 1 is 1.27 bits per heavy atom. The van der Waals surface area contributed by atoms with E-state index in [0.717, 1.165) is 16.9 Å². The Bertz CT molecular complexity index is 482. The summed E-state index contributed by atoms with van der Waals surface area (Å²) in [6, 6.07) is 4.80. The molecule has 1 aromatic carbocycles. The summed E-state index contributed by atoms with van der Waals surface area (Å²) >= 11 is 1.14. The van der Waals surface area contributed by atoms with E-state index in [4.69, 9.17) is 0 Å². The van der Waals surface area contributed by atoms with Gasteiger partial charge in [-0.15, -0.1) is 11.3 Å². The van der Waals surface area contributed by atoms with Crippen LogP contribution in [-0.4, -0.2) is 0 Å². The van der Waals surface area contributed by atoms with Crippen molar-refractivity contribution < 1.29 is 13.2 Å². The maximum atomic E-state index is 12.7. The standard InChI is InChI=1S/C11H9F3S/c1-2-7-5-8-3-4-15-10(8)9(6-7)11(12,13)14/h3-6H,2H2,1H3. The first-order valence-corrected chi connectivity index (χ1v) is 5.47. The summed E-state index contributed by atoms with van der Waals surface area (Å²) in [6.45, 7) is 1.85. The van der Waals surface area contributed by atoms with Crippen molar-refractivity contribution in [3.8, 4) is 0 Å². The monoisotopic (exact) mass is 230 g/mol. The highest BCUT2D eigenvalue weighted by Gasteiger charge is 2.33. The van der Waals surface area contributed by atoms with Crippen LogP contribution < -0.4 is 0 Å². The number of thiophene rings is 1. The molecule has 0 fully saturated rings. The molecule has 2 rings (SSSR count). The highest BCUT2D eigenvalue weighted by atomic mass is 32.1. The molecule has 1 heterocycles. The molecule has 0 saturated carbocycles. The van der Waals surface area contributed by atoms with Gasteiger partial charge in [-0.2, -0.15) is 13.2 Å². The summed E-state index contributed by atoms with van der Waals surface area (Å²) in [5.41, 5.74) is 0.222. The fraction of sp³-hybridized carbons (Fsp3) is 0.273. The summed E-state index contributed by atoms with van der Waals surface area (Å²) in [5.74, 6) is 0. The Labute approximate surface area is 89.3 Å². The highest BCUT2D eigenvalue weighted by Crippen LogP contribution is 2.38. The van der Waals surface area contributed by atoms with Gasteiger partial charge in [0.05, 0.1) is 5.56 Å². The van der Waals surface area contributed by atoms with E-state index in [1.807, 2.05) is 13.0 Å². The molecular formula is C11H9F3S. The van der Waals surface area contributed by atoms with Gasteiger partial charge in [-0.3, -0.25) is 0 Å². The van der Waals surface area contributed by atoms with Crippen LogP contribution in [0.4, 0.5) is 13.2 Å². The van der Waals surface area contributed by atoms with Crippen LogP contribution in [0.2, 0.25) is 0 Å². The van der Waals surface area contributed by atoms with Gasteiger partial charge in [0, 0.05) is 4.70 Å². The van der Waals surface area contributed by atoms with Gasteiger partial charge in [0.25, 0.3) is 0 Å². The van der Waals surface area contributed by atoms with Crippen molar-refractivity contribution in [2.75, 3.05) is 0 Å². The van der Waals surface area contributed by atoms with Gasteiger partial charge in [0.1, 0.15) is 0 Å². The topological polar surface area (TPSA) is 0 Å². The van der Waals surface area contributed by atoms with Crippen LogP contribution >= 0.6 is 11.3 Å². The second-order valence-electron chi connectivity index (χ2n) is 3.33. The van der Waals surface area contributed by atoms with E-state index in [-0.39, 0.29) is 0 Å². The van der Waals surface area contributed by atoms with Crippen LogP contribution in [0.15, 0.2) is 23.6 Å². The number of fused-ring (bicyclic) bond motifs is 1. The molecule has 0 radical (unpaired) electrons. The normalized spacial score (nSPS) is 12.3. The van der Waals surface area contributed by atoms with Crippen molar-refractivity contribution in [1.29, 1.82) is 0 Å². The van der Waals surface area contributed by atoms with Crippen molar-refractivity contribution in [3.05, 3.63) is 34.7 Å². The van der Waals surface area contributed by atoms with E-state index in [2.05, 4.69) is 0 Å². The molecule has 0 aliphatic heterocycles. The van der Waals surface area contributed by atoms with Gasteiger partial charge in [-0.05, 0) is 34.9 Å². The van der Waals surface area contributed by atoms with Gasteiger partial charge in [0.2, 0.25) is 0 Å². The van der Waals surface area contributed by atoms with Crippen molar-refractivity contribution >= 4 is 21.4 Å². The predicted molar refractivity (Wildman–Crippen MR) is 56.2 cm³/mol. The quantitative estimate of drug-likeness (QED) is 0.677. The predicted octanol–water partition coefficient (Wildman–Crippen LogP) is 4.48. The van der Waals surface area contributed by atoms with E-state index in [1.54, 1.807) is 11.4 Å². The zero-order valence-electron chi connectivity index (χ0n) is 8.06. The van der Waals surface area contributed by atoms with Gasteiger partial charge < -0.3 is 0 Å². The zero-order valence-corrected chi connectivity index (χ0v) is 8.88. The maximum absolute atomic E-state index is 12.7. The summed E-state index contributed by atoms with van der Waals surface area (Å²) in [4.78, 5) is 0. The fourth-order valence-electron chi connectivity index (χ4n) is 1.56. The summed E-state index contributed by atoms with van der Waals surface area (Å²) < 4.78 is 38.5. The molecule has 0 unspecified atom stereocenters. The smallest absolute Gasteiger partial charge is 0.166 e. The molecule has 0 saturated heterocycles. The van der Waals surface area contributed by atoms with Crippen LogP contribution in [0.3, 0.4) is 0 Å². The van der Waals surface area contributed by atoms with Crippen LogP contribution in [0.25, 0.3) is 10.1 Å². The fourth-order valence-corrected chi connectivity index (χ4v) is 2.47. The molecule has 4 heteroatoms. The number of alkyl halides is 3. The lowest BCUT2D eigenvalue weighted by Gasteiger charge is -2.09. The third-order valence-corrected chi connectivity index (χ3v) is 3.29. The van der Waals surface area contributed by atoms with E-state index >= 15 is 0 Å². The molecule has 0 atom stereocenters. The average molecular weight is 230 g/mol. The molecule has 0 bridgehead atoms. The molecular weight excluding hydrogens is 221 g/mol. The number of hydrogen-bond acceptors (Lipinski definition) is 1. The van der Waals surface area contributed by atoms with Gasteiger partial charge in [0.15, 0.2) is 0 Å². The first kappa shape index (κ1) is 10.5. The van der Waals surface area contributed by atoms with E-state index in [0.29, 0.717) is 16.5 Å².